The number of nitrogens with zero attached hydrogens (tertiary/aromatic N) is 1. The second kappa shape index (κ2) is 9.48. The number of carbonyl (C=O) groups excluding carboxylic acids is 1. The van der Waals surface area contributed by atoms with E-state index in [0.717, 1.165) is 5.56 Å². The van der Waals surface area contributed by atoms with E-state index in [1.165, 1.54) is 0 Å². The molecule has 2 aromatic carbocycles. The van der Waals surface area contributed by atoms with Crippen molar-refractivity contribution in [3.05, 3.63) is 71.6 Å². The first kappa shape index (κ1) is 20.1. The van der Waals surface area contributed by atoms with E-state index in [2.05, 4.69) is 4.85 Å². The van der Waals surface area contributed by atoms with Crippen molar-refractivity contribution in [1.29, 1.82) is 0 Å². The van der Waals surface area contributed by atoms with Gasteiger partial charge in [0.2, 0.25) is 6.54 Å². The number of hydrogen-bond acceptors (Lipinski definition) is 3. The molecule has 1 atom stereocenters. The zero-order valence-corrected chi connectivity index (χ0v) is 14.2. The summed E-state index contributed by atoms with van der Waals surface area (Å²) >= 11 is 0. The molecule has 2 rings (SSSR count). The molecule has 0 fully saturated rings. The molecule has 8 heteroatoms. The van der Waals surface area contributed by atoms with Gasteiger partial charge in [0.1, 0.15) is 19.3 Å². The molecular weight excluding hydrogens is 361 g/mol. The summed E-state index contributed by atoms with van der Waals surface area (Å²) in [6.45, 7) is 6.49. The number of hydrogen-bond donors (Lipinski definition) is 1. The van der Waals surface area contributed by atoms with Crippen molar-refractivity contribution >= 4 is 5.91 Å². The lowest BCUT2D eigenvalue weighted by Gasteiger charge is -2.17. The molecular formula is C19H17F3N2O3. The van der Waals surface area contributed by atoms with Crippen molar-refractivity contribution in [2.75, 3.05) is 13.2 Å². The SMILES string of the molecule is [C-]#[N+]C[C@H](COc1ccccc1OCc1ccccc1)NC(=O)C(F)(F)F. The Labute approximate surface area is 154 Å². The maximum absolute atomic E-state index is 12.4. The summed E-state index contributed by atoms with van der Waals surface area (Å²) in [6.07, 6.45) is -5.02. The lowest BCUT2D eigenvalue weighted by molar-refractivity contribution is -0.174. The fourth-order valence-corrected chi connectivity index (χ4v) is 2.13. The highest BCUT2D eigenvalue weighted by molar-refractivity contribution is 5.82. The van der Waals surface area contributed by atoms with E-state index in [9.17, 15) is 18.0 Å². The van der Waals surface area contributed by atoms with Gasteiger partial charge in [-0.3, -0.25) is 4.79 Å². The van der Waals surface area contributed by atoms with E-state index in [4.69, 9.17) is 16.0 Å². The Morgan fingerprint density at radius 2 is 1.63 bits per heavy atom. The number of halogens is 3. The third-order valence-electron chi connectivity index (χ3n) is 3.43. The van der Waals surface area contributed by atoms with Gasteiger partial charge in [0.05, 0.1) is 0 Å². The van der Waals surface area contributed by atoms with Crippen LogP contribution in [-0.2, 0) is 11.4 Å². The van der Waals surface area contributed by atoms with Gasteiger partial charge in [-0.15, -0.1) is 0 Å². The molecule has 27 heavy (non-hydrogen) atoms. The van der Waals surface area contributed by atoms with Gasteiger partial charge in [0.25, 0.3) is 0 Å². The Kier molecular flexibility index (Phi) is 7.06. The first-order chi connectivity index (χ1) is 12.9. The van der Waals surface area contributed by atoms with E-state index in [1.54, 1.807) is 29.6 Å². The lowest BCUT2D eigenvalue weighted by Crippen LogP contribution is -2.47. The van der Waals surface area contributed by atoms with Crippen LogP contribution in [0.25, 0.3) is 4.85 Å². The van der Waals surface area contributed by atoms with Crippen LogP contribution >= 0.6 is 0 Å². The Morgan fingerprint density at radius 1 is 1.04 bits per heavy atom. The molecule has 0 aliphatic heterocycles. The van der Waals surface area contributed by atoms with E-state index < -0.39 is 18.1 Å². The van der Waals surface area contributed by atoms with Crippen molar-refractivity contribution < 1.29 is 27.4 Å². The fourth-order valence-electron chi connectivity index (χ4n) is 2.13. The predicted molar refractivity (Wildman–Crippen MR) is 92.2 cm³/mol. The number of rotatable bonds is 8. The first-order valence-electron chi connectivity index (χ1n) is 7.99. The summed E-state index contributed by atoms with van der Waals surface area (Å²) in [7, 11) is 0. The summed E-state index contributed by atoms with van der Waals surface area (Å²) in [6, 6.07) is 15.0. The molecule has 0 bridgehead atoms. The molecule has 1 N–H and O–H groups in total. The molecule has 5 nitrogen and oxygen atoms in total. The standard InChI is InChI=1S/C19H17F3N2O3/c1-23-11-15(24-18(25)19(20,21)22)13-27-17-10-6-5-9-16(17)26-12-14-7-3-2-4-8-14/h2-10,15H,11-13H2,(H,24,25)/t15-/m1/s1. The van der Waals surface area contributed by atoms with E-state index >= 15 is 0 Å². The van der Waals surface area contributed by atoms with Gasteiger partial charge in [-0.2, -0.15) is 13.2 Å². The lowest BCUT2D eigenvalue weighted by atomic mass is 10.2. The van der Waals surface area contributed by atoms with Crippen LogP contribution in [0.15, 0.2) is 54.6 Å². The fraction of sp³-hybridized carbons (Fsp3) is 0.263. The highest BCUT2D eigenvalue weighted by Gasteiger charge is 2.40. The van der Waals surface area contributed by atoms with Crippen molar-refractivity contribution in [2.45, 2.75) is 18.8 Å². The summed E-state index contributed by atoms with van der Waals surface area (Å²) in [5.41, 5.74) is 0.940. The summed E-state index contributed by atoms with van der Waals surface area (Å²) < 4.78 is 48.4. The Morgan fingerprint density at radius 3 is 2.22 bits per heavy atom. The Bertz CT molecular complexity index is 789. The highest BCUT2D eigenvalue weighted by atomic mass is 19.4. The highest BCUT2D eigenvalue weighted by Crippen LogP contribution is 2.27. The minimum absolute atomic E-state index is 0.289. The van der Waals surface area contributed by atoms with E-state index in [1.807, 2.05) is 30.3 Å². The molecule has 0 saturated heterocycles. The molecule has 1 amide bonds. The van der Waals surface area contributed by atoms with Crippen LogP contribution in [0.1, 0.15) is 5.56 Å². The molecule has 2 aromatic rings. The van der Waals surface area contributed by atoms with Crippen LogP contribution < -0.4 is 14.8 Å². The number of carbonyl (C=O) groups is 1. The van der Waals surface area contributed by atoms with Crippen molar-refractivity contribution in [1.82, 2.24) is 5.32 Å². The molecule has 0 aromatic heterocycles. The quantitative estimate of drug-likeness (QED) is 0.714. The van der Waals surface area contributed by atoms with Gasteiger partial charge >= 0.3 is 12.1 Å². The monoisotopic (exact) mass is 378 g/mol. The number of nitrogens with one attached hydrogen (secondary N) is 1. The molecule has 0 radical (unpaired) electrons. The van der Waals surface area contributed by atoms with Crippen LogP contribution in [0.2, 0.25) is 0 Å². The summed E-state index contributed by atoms with van der Waals surface area (Å²) in [4.78, 5) is 14.1. The molecule has 0 unspecified atom stereocenters. The van der Waals surface area contributed by atoms with Crippen LogP contribution in [0.4, 0.5) is 13.2 Å². The Hall–Kier alpha value is -3.21. The second-order valence-electron chi connectivity index (χ2n) is 5.54. The van der Waals surface area contributed by atoms with Crippen molar-refractivity contribution in [3.8, 4) is 11.5 Å². The topological polar surface area (TPSA) is 51.9 Å². The second-order valence-corrected chi connectivity index (χ2v) is 5.54. The van der Waals surface area contributed by atoms with Crippen LogP contribution in [0, 0.1) is 6.57 Å². The third kappa shape index (κ3) is 6.55. The number of ether oxygens (including phenoxy) is 2. The number of benzene rings is 2. The van der Waals surface area contributed by atoms with E-state index in [0.29, 0.717) is 11.5 Å². The minimum Gasteiger partial charge on any atom is -0.487 e. The molecule has 0 aliphatic carbocycles. The van der Waals surface area contributed by atoms with Crippen molar-refractivity contribution in [2.24, 2.45) is 0 Å². The van der Waals surface area contributed by atoms with Crippen LogP contribution in [0.5, 0.6) is 11.5 Å². The minimum atomic E-state index is -5.02. The number of para-hydroxylation sites is 2. The van der Waals surface area contributed by atoms with Crippen molar-refractivity contribution in [3.63, 3.8) is 0 Å². The molecule has 0 saturated carbocycles. The van der Waals surface area contributed by atoms with Gasteiger partial charge in [-0.05, 0) is 17.7 Å². The van der Waals surface area contributed by atoms with Gasteiger partial charge in [0.15, 0.2) is 11.5 Å². The average Bonchev–Trinajstić information content (AvgIpc) is 2.65. The Balaban J connectivity index is 1.99. The summed E-state index contributed by atoms with van der Waals surface area (Å²) in [5, 5.41) is 1.76. The maximum atomic E-state index is 12.4. The normalized spacial score (nSPS) is 11.9. The number of alkyl halides is 3. The molecule has 0 aliphatic rings. The van der Waals surface area contributed by atoms with Gasteiger partial charge in [0, 0.05) is 0 Å². The molecule has 0 spiro atoms. The van der Waals surface area contributed by atoms with Gasteiger partial charge in [-0.1, -0.05) is 42.5 Å². The summed E-state index contributed by atoms with van der Waals surface area (Å²) in [5.74, 6) is -1.39. The van der Waals surface area contributed by atoms with E-state index in [-0.39, 0.29) is 19.8 Å². The largest absolute Gasteiger partial charge is 0.487 e. The zero-order chi connectivity index (χ0) is 19.7. The van der Waals surface area contributed by atoms with Crippen LogP contribution in [0.3, 0.4) is 0 Å². The molecule has 142 valence electrons. The average molecular weight is 378 g/mol. The first-order valence-corrected chi connectivity index (χ1v) is 7.99. The van der Waals surface area contributed by atoms with Gasteiger partial charge in [-0.25, -0.2) is 6.57 Å². The number of amides is 1. The zero-order valence-electron chi connectivity index (χ0n) is 14.2. The molecule has 0 heterocycles. The smallest absolute Gasteiger partial charge is 0.471 e. The predicted octanol–water partition coefficient (Wildman–Crippen LogP) is 3.61. The third-order valence-corrected chi connectivity index (χ3v) is 3.43. The van der Waals surface area contributed by atoms with Crippen LogP contribution in [-0.4, -0.2) is 31.3 Å². The maximum Gasteiger partial charge on any atom is 0.471 e. The van der Waals surface area contributed by atoms with Gasteiger partial charge < -0.3 is 19.6 Å².